The normalized spacial score (nSPS) is 10.8. The lowest BCUT2D eigenvalue weighted by Crippen LogP contribution is -2.56. The van der Waals surface area contributed by atoms with E-state index >= 15 is 0 Å². The molecule has 0 radical (unpaired) electrons. The van der Waals surface area contributed by atoms with Crippen LogP contribution in [0.3, 0.4) is 0 Å². The molecule has 0 aliphatic heterocycles. The minimum Gasteiger partial charge on any atom is -0.351 e. The highest BCUT2D eigenvalue weighted by atomic mass is 28.4. The maximum Gasteiger partial charge on any atom is 0.746 e. The third-order valence-corrected chi connectivity index (χ3v) is 5.04. The van der Waals surface area contributed by atoms with Crippen LogP contribution in [0.1, 0.15) is 62.3 Å². The van der Waals surface area contributed by atoms with Gasteiger partial charge < -0.3 is 4.43 Å². The van der Waals surface area contributed by atoms with Crippen LogP contribution in [0, 0.1) is 0 Å². The van der Waals surface area contributed by atoms with Crippen molar-refractivity contribution in [1.82, 2.24) is 16.4 Å². The molecule has 0 aromatic rings. The van der Waals surface area contributed by atoms with Crippen molar-refractivity contribution in [2.45, 2.75) is 62.3 Å². The van der Waals surface area contributed by atoms with Crippen LogP contribution >= 0.6 is 0 Å². The lowest BCUT2D eigenvalue weighted by molar-refractivity contribution is -0.0828. The van der Waals surface area contributed by atoms with E-state index in [0.29, 0.717) is 0 Å². The molecule has 0 aliphatic rings. The smallest absolute Gasteiger partial charge is 0.351 e. The van der Waals surface area contributed by atoms with E-state index in [9.17, 15) is 0 Å². The van der Waals surface area contributed by atoms with Crippen molar-refractivity contribution in [3.63, 3.8) is 0 Å². The third kappa shape index (κ3) is 7.98. The average molecular weight is 360 g/mol. The molecule has 0 saturated heterocycles. The number of nitrogens with one attached hydrogen (secondary N) is 3. The standard InChI is InChI=1S/C16H33N3O4Si/c1-11(2)14(7)17-21-24(20-10,22-18-15(8)12(3)4)23-19-16(9)13(5)6/h17-19H,1-10H3. The fourth-order valence-electron chi connectivity index (χ4n) is 0.911. The molecule has 0 unspecified atom stereocenters. The van der Waals surface area contributed by atoms with Crippen molar-refractivity contribution in [2.75, 3.05) is 7.11 Å². The highest BCUT2D eigenvalue weighted by Gasteiger charge is 2.49. The van der Waals surface area contributed by atoms with Crippen molar-refractivity contribution >= 4 is 9.05 Å². The van der Waals surface area contributed by atoms with E-state index in [2.05, 4.69) is 16.4 Å². The molecule has 0 amide bonds. The van der Waals surface area contributed by atoms with Crippen LogP contribution < -0.4 is 16.4 Å². The molecule has 0 spiro atoms. The number of allylic oxidation sites excluding steroid dienone is 6. The van der Waals surface area contributed by atoms with Gasteiger partial charge in [-0.05, 0) is 62.3 Å². The Kier molecular flexibility index (Phi) is 9.94. The second kappa shape index (κ2) is 10.5. The quantitative estimate of drug-likeness (QED) is 0.407. The SMILES string of the molecule is CO[Si](ONC(C)=C(C)C)(ONC(C)=C(C)C)ONC(C)=C(C)C. The highest BCUT2D eigenvalue weighted by Crippen LogP contribution is 2.12. The van der Waals surface area contributed by atoms with Crippen LogP contribution in [-0.4, -0.2) is 16.2 Å². The zero-order valence-electron chi connectivity index (χ0n) is 16.6. The summed E-state index contributed by atoms with van der Waals surface area (Å²) in [5, 5.41) is 0. The van der Waals surface area contributed by atoms with Crippen molar-refractivity contribution in [3.8, 4) is 0 Å². The molecule has 0 bridgehead atoms. The predicted octanol–water partition coefficient (Wildman–Crippen LogP) is 3.57. The highest BCUT2D eigenvalue weighted by molar-refractivity contribution is 6.53. The number of hydrogen-bond donors (Lipinski definition) is 3. The summed E-state index contributed by atoms with van der Waals surface area (Å²) in [5.74, 6) is 0. The van der Waals surface area contributed by atoms with Gasteiger partial charge in [0.05, 0.1) is 0 Å². The predicted molar refractivity (Wildman–Crippen MR) is 97.6 cm³/mol. The summed E-state index contributed by atoms with van der Waals surface area (Å²) in [6.07, 6.45) is 0. The van der Waals surface area contributed by atoms with Gasteiger partial charge in [0.1, 0.15) is 0 Å². The van der Waals surface area contributed by atoms with Crippen molar-refractivity contribution in [2.24, 2.45) is 0 Å². The van der Waals surface area contributed by atoms with Crippen molar-refractivity contribution < 1.29 is 18.0 Å². The first-order valence-electron chi connectivity index (χ1n) is 7.84. The van der Waals surface area contributed by atoms with Gasteiger partial charge in [0.15, 0.2) is 0 Å². The Bertz CT molecular complexity index is 434. The van der Waals surface area contributed by atoms with Crippen LogP contribution in [0.2, 0.25) is 0 Å². The summed E-state index contributed by atoms with van der Waals surface area (Å²) in [7, 11) is -2.05. The molecular formula is C16H33N3O4Si. The number of hydroxylamine groups is 3. The Morgan fingerprint density at radius 3 is 0.958 bits per heavy atom. The van der Waals surface area contributed by atoms with E-state index in [1.807, 2.05) is 62.3 Å². The molecule has 0 heterocycles. The van der Waals surface area contributed by atoms with Gasteiger partial charge in [0.25, 0.3) is 0 Å². The Balaban J connectivity index is 5.23. The molecule has 0 aromatic carbocycles. The molecule has 24 heavy (non-hydrogen) atoms. The van der Waals surface area contributed by atoms with Crippen LogP contribution in [-0.2, 0) is 18.0 Å². The Hall–Kier alpha value is -1.32. The van der Waals surface area contributed by atoms with E-state index in [4.69, 9.17) is 18.0 Å². The average Bonchev–Trinajstić information content (AvgIpc) is 2.53. The van der Waals surface area contributed by atoms with E-state index in [-0.39, 0.29) is 0 Å². The topological polar surface area (TPSA) is 73.0 Å². The van der Waals surface area contributed by atoms with Gasteiger partial charge in [-0.3, -0.25) is 16.4 Å². The Morgan fingerprint density at radius 1 is 0.542 bits per heavy atom. The summed E-state index contributed by atoms with van der Waals surface area (Å²) in [5.41, 5.74) is 14.3. The van der Waals surface area contributed by atoms with E-state index in [1.54, 1.807) is 0 Å². The summed E-state index contributed by atoms with van der Waals surface area (Å²) in [6.45, 7) is 17.5. The molecule has 0 fully saturated rings. The molecule has 140 valence electrons. The van der Waals surface area contributed by atoms with E-state index < -0.39 is 9.05 Å². The molecule has 0 aromatic heterocycles. The van der Waals surface area contributed by atoms with Gasteiger partial charge in [-0.2, -0.15) is 0 Å². The molecule has 3 N–H and O–H groups in total. The summed E-state index contributed by atoms with van der Waals surface area (Å²) in [6, 6.07) is 0. The molecule has 0 saturated carbocycles. The van der Waals surface area contributed by atoms with Crippen LogP contribution in [0.15, 0.2) is 33.8 Å². The maximum atomic E-state index is 5.66. The van der Waals surface area contributed by atoms with Crippen LogP contribution in [0.4, 0.5) is 0 Å². The lowest BCUT2D eigenvalue weighted by atomic mass is 10.3. The monoisotopic (exact) mass is 359 g/mol. The molecule has 8 heteroatoms. The lowest BCUT2D eigenvalue weighted by Gasteiger charge is -2.27. The fourth-order valence-corrected chi connectivity index (χ4v) is 2.12. The third-order valence-electron chi connectivity index (χ3n) is 3.49. The molecule has 0 aliphatic carbocycles. The Labute approximate surface area is 147 Å². The van der Waals surface area contributed by atoms with Gasteiger partial charge >= 0.3 is 9.05 Å². The van der Waals surface area contributed by atoms with E-state index in [0.717, 1.165) is 33.8 Å². The molecular weight excluding hydrogens is 326 g/mol. The minimum absolute atomic E-state index is 0.856. The van der Waals surface area contributed by atoms with Gasteiger partial charge in [-0.1, -0.05) is 16.7 Å². The molecule has 7 nitrogen and oxygen atoms in total. The summed E-state index contributed by atoms with van der Waals surface area (Å²) in [4.78, 5) is 0. The second-order valence-corrected chi connectivity index (χ2v) is 8.21. The summed E-state index contributed by atoms with van der Waals surface area (Å²) < 4.78 is 22.4. The number of rotatable bonds is 10. The molecule has 0 atom stereocenters. The van der Waals surface area contributed by atoms with Gasteiger partial charge in [0, 0.05) is 24.2 Å². The van der Waals surface area contributed by atoms with Crippen LogP contribution in [0.5, 0.6) is 0 Å². The molecule has 0 rings (SSSR count). The minimum atomic E-state index is -3.53. The largest absolute Gasteiger partial charge is 0.746 e. The van der Waals surface area contributed by atoms with Gasteiger partial charge in [0.2, 0.25) is 0 Å². The van der Waals surface area contributed by atoms with Crippen molar-refractivity contribution in [3.05, 3.63) is 33.8 Å². The maximum absolute atomic E-state index is 5.66. The van der Waals surface area contributed by atoms with E-state index in [1.165, 1.54) is 7.11 Å². The van der Waals surface area contributed by atoms with Gasteiger partial charge in [-0.25, -0.2) is 13.6 Å². The first-order chi connectivity index (χ1) is 11.0. The second-order valence-electron chi connectivity index (χ2n) is 6.19. The zero-order valence-corrected chi connectivity index (χ0v) is 17.6. The number of hydrogen-bond acceptors (Lipinski definition) is 7. The Morgan fingerprint density at radius 2 is 0.792 bits per heavy atom. The fraction of sp³-hybridized carbons (Fsp3) is 0.625. The van der Waals surface area contributed by atoms with Gasteiger partial charge in [-0.15, -0.1) is 0 Å². The first kappa shape index (κ1) is 22.7. The van der Waals surface area contributed by atoms with Crippen molar-refractivity contribution in [1.29, 1.82) is 0 Å². The first-order valence-corrected chi connectivity index (χ1v) is 9.47. The summed E-state index contributed by atoms with van der Waals surface area (Å²) >= 11 is 0. The van der Waals surface area contributed by atoms with Crippen LogP contribution in [0.25, 0.3) is 0 Å². The zero-order chi connectivity index (χ0) is 18.9.